The van der Waals surface area contributed by atoms with Crippen molar-refractivity contribution < 1.29 is 4.74 Å². The molecule has 2 atom stereocenters. The maximum Gasteiger partial charge on any atom is 0.119 e. The first-order valence-corrected chi connectivity index (χ1v) is 11.5. The number of imidazole rings is 1. The van der Waals surface area contributed by atoms with E-state index in [0.717, 1.165) is 24.6 Å². The van der Waals surface area contributed by atoms with Crippen LogP contribution in [-0.4, -0.2) is 16.6 Å². The minimum Gasteiger partial charge on any atom is -0.494 e. The number of benzene rings is 1. The number of rotatable bonds is 15. The molecular formula is C25H40N2O. The van der Waals surface area contributed by atoms with Crippen LogP contribution >= 0.6 is 0 Å². The van der Waals surface area contributed by atoms with Gasteiger partial charge in [-0.1, -0.05) is 71.4 Å². The Hall–Kier alpha value is -1.77. The predicted molar refractivity (Wildman–Crippen MR) is 119 cm³/mol. The smallest absolute Gasteiger partial charge is 0.119 e. The van der Waals surface area contributed by atoms with Crippen LogP contribution in [0.3, 0.4) is 0 Å². The molecule has 0 fully saturated rings. The summed E-state index contributed by atoms with van der Waals surface area (Å²) in [6, 6.07) is 8.77. The fourth-order valence-corrected chi connectivity index (χ4v) is 3.89. The maximum absolute atomic E-state index is 5.89. The molecule has 0 saturated heterocycles. The van der Waals surface area contributed by atoms with Crippen LogP contribution in [0.1, 0.15) is 108 Å². The van der Waals surface area contributed by atoms with Crippen molar-refractivity contribution in [3.05, 3.63) is 48.0 Å². The molecule has 1 heterocycles. The van der Waals surface area contributed by atoms with Crippen molar-refractivity contribution in [2.45, 2.75) is 96.8 Å². The monoisotopic (exact) mass is 384 g/mol. The molecular weight excluding hydrogens is 344 g/mol. The highest BCUT2D eigenvalue weighted by Gasteiger charge is 2.14. The van der Waals surface area contributed by atoms with Gasteiger partial charge in [0, 0.05) is 18.3 Å². The van der Waals surface area contributed by atoms with Crippen molar-refractivity contribution in [2.24, 2.45) is 0 Å². The summed E-state index contributed by atoms with van der Waals surface area (Å²) in [6.07, 6.45) is 16.3. The molecule has 0 aliphatic carbocycles. The van der Waals surface area contributed by atoms with Gasteiger partial charge in [-0.05, 0) is 49.3 Å². The molecule has 28 heavy (non-hydrogen) atoms. The van der Waals surface area contributed by atoms with Crippen molar-refractivity contribution >= 4 is 0 Å². The third-order valence-corrected chi connectivity index (χ3v) is 5.70. The Bertz CT molecular complexity index is 606. The highest BCUT2D eigenvalue weighted by atomic mass is 16.5. The average molecular weight is 385 g/mol. The zero-order valence-electron chi connectivity index (χ0n) is 18.3. The molecule has 156 valence electrons. The zero-order valence-corrected chi connectivity index (χ0v) is 18.3. The Morgan fingerprint density at radius 1 is 0.893 bits per heavy atom. The third-order valence-electron chi connectivity index (χ3n) is 5.70. The van der Waals surface area contributed by atoms with Gasteiger partial charge in [0.05, 0.1) is 6.61 Å². The number of hydrogen-bond donors (Lipinski definition) is 1. The summed E-state index contributed by atoms with van der Waals surface area (Å²) in [5.41, 5.74) is 1.42. The van der Waals surface area contributed by atoms with Crippen LogP contribution in [0.2, 0.25) is 0 Å². The fourth-order valence-electron chi connectivity index (χ4n) is 3.89. The van der Waals surface area contributed by atoms with Gasteiger partial charge in [-0.3, -0.25) is 0 Å². The Labute approximate surface area is 172 Å². The van der Waals surface area contributed by atoms with Crippen LogP contribution in [0.5, 0.6) is 5.75 Å². The summed E-state index contributed by atoms with van der Waals surface area (Å²) in [4.78, 5) is 7.78. The van der Waals surface area contributed by atoms with E-state index in [4.69, 9.17) is 4.74 Å². The number of ether oxygens (including phenoxy) is 1. The van der Waals surface area contributed by atoms with E-state index in [-0.39, 0.29) is 0 Å². The van der Waals surface area contributed by atoms with Gasteiger partial charge in [-0.15, -0.1) is 0 Å². The molecule has 0 saturated carbocycles. The lowest BCUT2D eigenvalue weighted by atomic mass is 9.91. The van der Waals surface area contributed by atoms with E-state index in [1.807, 2.05) is 12.4 Å². The van der Waals surface area contributed by atoms with Crippen LogP contribution in [-0.2, 0) is 0 Å². The lowest BCUT2D eigenvalue weighted by molar-refractivity contribution is 0.304. The van der Waals surface area contributed by atoms with E-state index < -0.39 is 0 Å². The van der Waals surface area contributed by atoms with Gasteiger partial charge in [0.25, 0.3) is 0 Å². The molecule has 0 spiro atoms. The number of nitrogens with one attached hydrogen (secondary N) is 1. The second-order valence-electron chi connectivity index (χ2n) is 8.12. The summed E-state index contributed by atoms with van der Waals surface area (Å²) in [7, 11) is 0. The van der Waals surface area contributed by atoms with E-state index in [2.05, 4.69) is 55.0 Å². The Morgan fingerprint density at radius 3 is 2.36 bits per heavy atom. The van der Waals surface area contributed by atoms with Crippen molar-refractivity contribution in [3.8, 4) is 5.75 Å². The summed E-state index contributed by atoms with van der Waals surface area (Å²) in [6.45, 7) is 7.69. The molecule has 3 heteroatoms. The number of nitrogens with zero attached hydrogens (tertiary/aromatic N) is 1. The van der Waals surface area contributed by atoms with Crippen LogP contribution in [0.15, 0.2) is 36.7 Å². The minimum absolute atomic E-state index is 0.570. The van der Waals surface area contributed by atoms with Gasteiger partial charge in [0.15, 0.2) is 0 Å². The van der Waals surface area contributed by atoms with E-state index in [1.54, 1.807) is 0 Å². The molecule has 1 N–H and O–H groups in total. The molecule has 3 nitrogen and oxygen atoms in total. The Morgan fingerprint density at radius 2 is 1.68 bits per heavy atom. The molecule has 2 aromatic rings. The largest absolute Gasteiger partial charge is 0.494 e. The molecule has 0 aliphatic heterocycles. The van der Waals surface area contributed by atoms with Crippen LogP contribution < -0.4 is 4.74 Å². The second kappa shape index (κ2) is 13.4. The van der Waals surface area contributed by atoms with E-state index in [1.165, 1.54) is 63.4 Å². The standard InChI is InChI=1S/C25H40N2O/c1-4-6-7-8-9-20-28-24-16-14-22(15-17-24)21(3)12-10-13-23(11-5-2)25-26-18-19-27-25/h14-19,21,23H,4-13,20H2,1-3H3,(H,26,27). The summed E-state index contributed by atoms with van der Waals surface area (Å²) in [5, 5.41) is 0. The number of aromatic amines is 1. The van der Waals surface area contributed by atoms with Gasteiger partial charge in [0.2, 0.25) is 0 Å². The van der Waals surface area contributed by atoms with E-state index in [9.17, 15) is 0 Å². The van der Waals surface area contributed by atoms with E-state index >= 15 is 0 Å². The Kier molecular flexibility index (Phi) is 10.8. The first-order chi connectivity index (χ1) is 13.7. The SMILES string of the molecule is CCCCCCCOc1ccc(C(C)CCCC(CCC)c2ncc[nH]2)cc1. The number of unbranched alkanes of at least 4 members (excludes halogenated alkanes) is 4. The average Bonchev–Trinajstić information content (AvgIpc) is 3.25. The van der Waals surface area contributed by atoms with Crippen molar-refractivity contribution in [1.82, 2.24) is 9.97 Å². The topological polar surface area (TPSA) is 37.9 Å². The van der Waals surface area contributed by atoms with Crippen LogP contribution in [0, 0.1) is 0 Å². The van der Waals surface area contributed by atoms with Gasteiger partial charge in [-0.2, -0.15) is 0 Å². The van der Waals surface area contributed by atoms with E-state index in [0.29, 0.717) is 11.8 Å². The number of H-pyrrole nitrogens is 1. The van der Waals surface area contributed by atoms with Crippen LogP contribution in [0.4, 0.5) is 0 Å². The van der Waals surface area contributed by atoms with Crippen molar-refractivity contribution in [1.29, 1.82) is 0 Å². The molecule has 1 aromatic carbocycles. The van der Waals surface area contributed by atoms with Crippen molar-refractivity contribution in [3.63, 3.8) is 0 Å². The third kappa shape index (κ3) is 8.08. The Balaban J connectivity index is 1.69. The van der Waals surface area contributed by atoms with Crippen molar-refractivity contribution in [2.75, 3.05) is 6.61 Å². The number of hydrogen-bond acceptors (Lipinski definition) is 2. The zero-order chi connectivity index (χ0) is 20.0. The highest BCUT2D eigenvalue weighted by molar-refractivity contribution is 5.29. The summed E-state index contributed by atoms with van der Waals surface area (Å²) in [5.74, 6) is 3.32. The first-order valence-electron chi connectivity index (χ1n) is 11.5. The molecule has 1 aromatic heterocycles. The first kappa shape index (κ1) is 22.5. The normalized spacial score (nSPS) is 13.4. The predicted octanol–water partition coefficient (Wildman–Crippen LogP) is 7.62. The molecule has 0 amide bonds. The molecule has 0 aliphatic rings. The second-order valence-corrected chi connectivity index (χ2v) is 8.12. The fraction of sp³-hybridized carbons (Fsp3) is 0.640. The highest BCUT2D eigenvalue weighted by Crippen LogP contribution is 2.28. The van der Waals surface area contributed by atoms with Gasteiger partial charge >= 0.3 is 0 Å². The van der Waals surface area contributed by atoms with Gasteiger partial charge in [-0.25, -0.2) is 4.98 Å². The lowest BCUT2D eigenvalue weighted by Gasteiger charge is -2.16. The lowest BCUT2D eigenvalue weighted by Crippen LogP contribution is -2.03. The summed E-state index contributed by atoms with van der Waals surface area (Å²) >= 11 is 0. The van der Waals surface area contributed by atoms with Gasteiger partial charge in [0.1, 0.15) is 11.6 Å². The number of aromatic nitrogens is 2. The van der Waals surface area contributed by atoms with Gasteiger partial charge < -0.3 is 9.72 Å². The molecule has 2 rings (SSSR count). The molecule has 0 radical (unpaired) electrons. The van der Waals surface area contributed by atoms with Crippen LogP contribution in [0.25, 0.3) is 0 Å². The summed E-state index contributed by atoms with van der Waals surface area (Å²) < 4.78 is 5.89. The molecule has 0 bridgehead atoms. The minimum atomic E-state index is 0.570. The maximum atomic E-state index is 5.89. The molecule has 2 unspecified atom stereocenters. The quantitative estimate of drug-likeness (QED) is 0.321.